The van der Waals surface area contributed by atoms with Gasteiger partial charge in [0.1, 0.15) is 4.60 Å². The quantitative estimate of drug-likeness (QED) is 0.600. The van der Waals surface area contributed by atoms with Crippen molar-refractivity contribution in [1.29, 1.82) is 0 Å². The van der Waals surface area contributed by atoms with E-state index in [9.17, 15) is 18.0 Å². The predicted molar refractivity (Wildman–Crippen MR) is 42.2 cm³/mol. The number of hydrogen-bond acceptors (Lipinski definition) is 2. The van der Waals surface area contributed by atoms with Crippen LogP contribution in [0.3, 0.4) is 0 Å². The van der Waals surface area contributed by atoms with E-state index in [4.69, 9.17) is 0 Å². The number of alkyl halides is 2. The van der Waals surface area contributed by atoms with Crippen molar-refractivity contribution in [2.24, 2.45) is 0 Å². The third kappa shape index (κ3) is 2.06. The standard InChI is InChI=1S/C7H3BrF3NO/c8-5-3(2-13)1-4(6(9)10)7(11)12-5/h1-2,6H. The predicted octanol–water partition coefficient (Wildman–Crippen LogP) is 2.73. The van der Waals surface area contributed by atoms with Gasteiger partial charge in [0.15, 0.2) is 6.29 Å². The molecule has 0 aliphatic carbocycles. The summed E-state index contributed by atoms with van der Waals surface area (Å²) in [5.41, 5.74) is -0.970. The summed E-state index contributed by atoms with van der Waals surface area (Å²) < 4.78 is 36.7. The van der Waals surface area contributed by atoms with Crippen molar-refractivity contribution in [2.45, 2.75) is 6.43 Å². The van der Waals surface area contributed by atoms with Crippen molar-refractivity contribution >= 4 is 22.2 Å². The Hall–Kier alpha value is -0.910. The van der Waals surface area contributed by atoms with E-state index in [1.54, 1.807) is 0 Å². The fourth-order valence-electron chi connectivity index (χ4n) is 0.738. The first-order valence-corrected chi connectivity index (χ1v) is 3.95. The Bertz CT molecular complexity index is 343. The maximum Gasteiger partial charge on any atom is 0.268 e. The second-order valence-electron chi connectivity index (χ2n) is 2.17. The molecule has 13 heavy (non-hydrogen) atoms. The van der Waals surface area contributed by atoms with Gasteiger partial charge >= 0.3 is 0 Å². The summed E-state index contributed by atoms with van der Waals surface area (Å²) >= 11 is 2.76. The minimum atomic E-state index is -2.97. The summed E-state index contributed by atoms with van der Waals surface area (Å²) in [7, 11) is 0. The van der Waals surface area contributed by atoms with Crippen LogP contribution < -0.4 is 0 Å². The molecule has 0 aromatic carbocycles. The van der Waals surface area contributed by atoms with Gasteiger partial charge in [-0.2, -0.15) is 4.39 Å². The summed E-state index contributed by atoms with van der Waals surface area (Å²) in [4.78, 5) is 13.4. The fourth-order valence-corrected chi connectivity index (χ4v) is 1.10. The first-order valence-electron chi connectivity index (χ1n) is 3.15. The van der Waals surface area contributed by atoms with E-state index in [-0.39, 0.29) is 10.2 Å². The molecule has 0 radical (unpaired) electrons. The molecular weight excluding hydrogens is 251 g/mol. The Labute approximate surface area is 79.9 Å². The first-order chi connectivity index (χ1) is 6.06. The molecule has 0 spiro atoms. The number of halogens is 4. The fraction of sp³-hybridized carbons (Fsp3) is 0.143. The molecule has 0 aliphatic heterocycles. The van der Waals surface area contributed by atoms with Gasteiger partial charge in [0.2, 0.25) is 5.95 Å². The molecule has 0 bridgehead atoms. The van der Waals surface area contributed by atoms with Gasteiger partial charge in [-0.05, 0) is 22.0 Å². The number of hydrogen-bond donors (Lipinski definition) is 0. The van der Waals surface area contributed by atoms with Crippen molar-refractivity contribution in [3.63, 3.8) is 0 Å². The van der Waals surface area contributed by atoms with Gasteiger partial charge in [-0.25, -0.2) is 13.8 Å². The SMILES string of the molecule is O=Cc1cc(C(F)F)c(F)nc1Br. The number of pyridine rings is 1. The highest BCUT2D eigenvalue weighted by molar-refractivity contribution is 9.10. The zero-order chi connectivity index (χ0) is 10.0. The lowest BCUT2D eigenvalue weighted by Gasteiger charge is -2.02. The van der Waals surface area contributed by atoms with Crippen LogP contribution in [-0.2, 0) is 0 Å². The number of carbonyl (C=O) groups is 1. The zero-order valence-electron chi connectivity index (χ0n) is 6.10. The van der Waals surface area contributed by atoms with Crippen LogP contribution in [0.4, 0.5) is 13.2 Å². The molecular formula is C7H3BrF3NO. The molecule has 0 saturated heterocycles. The number of aromatic nitrogens is 1. The number of rotatable bonds is 2. The van der Waals surface area contributed by atoms with Gasteiger partial charge in [0.05, 0.1) is 5.56 Å². The van der Waals surface area contributed by atoms with Crippen LogP contribution in [0, 0.1) is 5.95 Å². The molecule has 0 amide bonds. The van der Waals surface area contributed by atoms with Crippen molar-refractivity contribution in [3.8, 4) is 0 Å². The average molecular weight is 254 g/mol. The Balaban J connectivity index is 3.30. The molecule has 0 atom stereocenters. The second-order valence-corrected chi connectivity index (χ2v) is 2.92. The summed E-state index contributed by atoms with van der Waals surface area (Å²) in [5, 5.41) is 0. The van der Waals surface area contributed by atoms with Crippen molar-refractivity contribution in [3.05, 3.63) is 27.7 Å². The highest BCUT2D eigenvalue weighted by Crippen LogP contribution is 2.24. The van der Waals surface area contributed by atoms with Gasteiger partial charge in [-0.3, -0.25) is 4.79 Å². The molecule has 0 unspecified atom stereocenters. The molecule has 6 heteroatoms. The van der Waals surface area contributed by atoms with Crippen molar-refractivity contribution in [2.75, 3.05) is 0 Å². The van der Waals surface area contributed by atoms with Crippen molar-refractivity contribution < 1.29 is 18.0 Å². The van der Waals surface area contributed by atoms with Crippen LogP contribution in [0.2, 0.25) is 0 Å². The van der Waals surface area contributed by atoms with Crippen LogP contribution in [0.25, 0.3) is 0 Å². The third-order valence-electron chi connectivity index (χ3n) is 1.35. The van der Waals surface area contributed by atoms with E-state index in [1.165, 1.54) is 0 Å². The molecule has 0 N–H and O–H groups in total. The molecule has 0 fully saturated rings. The molecule has 1 aromatic heterocycles. The van der Waals surface area contributed by atoms with Gasteiger partial charge in [-0.15, -0.1) is 0 Å². The lowest BCUT2D eigenvalue weighted by Crippen LogP contribution is -1.98. The molecule has 0 saturated carbocycles. The monoisotopic (exact) mass is 253 g/mol. The Morgan fingerprint density at radius 1 is 1.54 bits per heavy atom. The summed E-state index contributed by atoms with van der Waals surface area (Å²) in [6.45, 7) is 0. The minimum Gasteiger partial charge on any atom is -0.298 e. The van der Waals surface area contributed by atoms with Gasteiger partial charge in [0, 0.05) is 5.56 Å². The summed E-state index contributed by atoms with van der Waals surface area (Å²) in [6.07, 6.45) is -2.65. The Morgan fingerprint density at radius 3 is 2.62 bits per heavy atom. The molecule has 1 aromatic rings. The van der Waals surface area contributed by atoms with E-state index < -0.39 is 17.9 Å². The van der Waals surface area contributed by atoms with Crippen LogP contribution in [0.5, 0.6) is 0 Å². The lowest BCUT2D eigenvalue weighted by molar-refractivity contribution is 0.112. The zero-order valence-corrected chi connectivity index (χ0v) is 7.69. The van der Waals surface area contributed by atoms with E-state index in [0.717, 1.165) is 6.07 Å². The number of aldehydes is 1. The highest BCUT2D eigenvalue weighted by atomic mass is 79.9. The average Bonchev–Trinajstić information content (AvgIpc) is 2.03. The topological polar surface area (TPSA) is 30.0 Å². The highest BCUT2D eigenvalue weighted by Gasteiger charge is 2.17. The lowest BCUT2D eigenvalue weighted by atomic mass is 10.2. The van der Waals surface area contributed by atoms with Gasteiger partial charge in [-0.1, -0.05) is 0 Å². The minimum absolute atomic E-state index is 0.0793. The van der Waals surface area contributed by atoms with Crippen LogP contribution in [0.1, 0.15) is 22.3 Å². The van der Waals surface area contributed by atoms with Gasteiger partial charge in [0.25, 0.3) is 6.43 Å². The van der Waals surface area contributed by atoms with E-state index in [1.807, 2.05) is 0 Å². The molecule has 70 valence electrons. The number of carbonyl (C=O) groups excluding carboxylic acids is 1. The van der Waals surface area contributed by atoms with E-state index >= 15 is 0 Å². The summed E-state index contributed by atoms with van der Waals surface area (Å²) in [5.74, 6) is -1.27. The number of nitrogens with zero attached hydrogens (tertiary/aromatic N) is 1. The van der Waals surface area contributed by atoms with E-state index in [0.29, 0.717) is 6.29 Å². The molecule has 2 nitrogen and oxygen atoms in total. The summed E-state index contributed by atoms with van der Waals surface area (Å²) in [6, 6.07) is 0.768. The first kappa shape index (κ1) is 10.2. The van der Waals surface area contributed by atoms with Gasteiger partial charge < -0.3 is 0 Å². The Morgan fingerprint density at radius 2 is 2.15 bits per heavy atom. The van der Waals surface area contributed by atoms with Crippen LogP contribution >= 0.6 is 15.9 Å². The Kier molecular flexibility index (Phi) is 3.02. The van der Waals surface area contributed by atoms with Crippen LogP contribution in [0.15, 0.2) is 10.7 Å². The van der Waals surface area contributed by atoms with Crippen molar-refractivity contribution in [1.82, 2.24) is 4.98 Å². The molecule has 1 rings (SSSR count). The molecule has 0 aliphatic rings. The maximum absolute atomic E-state index is 12.7. The third-order valence-corrected chi connectivity index (χ3v) is 1.98. The second kappa shape index (κ2) is 3.87. The normalized spacial score (nSPS) is 10.5. The van der Waals surface area contributed by atoms with Crippen LogP contribution in [-0.4, -0.2) is 11.3 Å². The molecule has 1 heterocycles. The maximum atomic E-state index is 12.7. The largest absolute Gasteiger partial charge is 0.298 e. The van der Waals surface area contributed by atoms with E-state index in [2.05, 4.69) is 20.9 Å². The smallest absolute Gasteiger partial charge is 0.268 e.